The number of carboxylic acid groups (broad SMARTS) is 1. The maximum absolute atomic E-state index is 14.4. The van der Waals surface area contributed by atoms with Crippen LogP contribution >= 0.6 is 21.7 Å². The van der Waals surface area contributed by atoms with Gasteiger partial charge >= 0.3 is 5.97 Å². The van der Waals surface area contributed by atoms with Crippen LogP contribution in [-0.2, 0) is 9.59 Å². The maximum atomic E-state index is 14.4. The number of rotatable bonds is 5. The number of hydrogen-bond donors (Lipinski definition) is 2. The third-order valence-electron chi connectivity index (χ3n) is 4.24. The summed E-state index contributed by atoms with van der Waals surface area (Å²) < 4.78 is 14.4. The number of anilines is 1. The van der Waals surface area contributed by atoms with Crippen molar-refractivity contribution in [3.63, 3.8) is 0 Å². The highest BCUT2D eigenvalue weighted by molar-refractivity contribution is 8.21. The van der Waals surface area contributed by atoms with E-state index in [1.54, 1.807) is 6.07 Å². The van der Waals surface area contributed by atoms with Crippen LogP contribution in [0, 0.1) is 5.82 Å². The van der Waals surface area contributed by atoms with Crippen molar-refractivity contribution in [3.05, 3.63) is 59.4 Å². The molecule has 0 fully saturated rings. The van der Waals surface area contributed by atoms with Crippen molar-refractivity contribution < 1.29 is 19.1 Å². The molecule has 2 aromatic rings. The van der Waals surface area contributed by atoms with Gasteiger partial charge in [-0.1, -0.05) is 18.2 Å². The van der Waals surface area contributed by atoms with E-state index in [-0.39, 0.29) is 16.8 Å². The standard InChI is InChI=1S/C19H15ClFNO3S/c20-26-13-7-4-11(5-8-13)12-6-9-17(16(21)10-12)22-18(23)14-2-1-3-15(14)19(24)25/h4-10H,1-3H2,(H,22,23)(H,24,25). The largest absolute Gasteiger partial charge is 0.478 e. The molecule has 0 radical (unpaired) electrons. The Bertz CT molecular complexity index is 896. The molecular formula is C19H15ClFNO3S. The number of nitrogens with one attached hydrogen (secondary N) is 1. The smallest absolute Gasteiger partial charge is 0.332 e. The van der Waals surface area contributed by atoms with Crippen LogP contribution < -0.4 is 5.32 Å². The third-order valence-corrected chi connectivity index (χ3v) is 5.23. The molecule has 0 heterocycles. The molecule has 0 spiro atoms. The highest BCUT2D eigenvalue weighted by Crippen LogP contribution is 2.30. The van der Waals surface area contributed by atoms with Crippen molar-refractivity contribution in [2.24, 2.45) is 0 Å². The molecule has 1 amide bonds. The Morgan fingerprint density at radius 2 is 1.69 bits per heavy atom. The molecule has 0 unspecified atom stereocenters. The summed E-state index contributed by atoms with van der Waals surface area (Å²) in [4.78, 5) is 24.3. The maximum Gasteiger partial charge on any atom is 0.332 e. The first-order chi connectivity index (χ1) is 12.5. The van der Waals surface area contributed by atoms with E-state index in [0.717, 1.165) is 21.4 Å². The molecule has 4 nitrogen and oxygen atoms in total. The molecule has 0 bridgehead atoms. The van der Waals surface area contributed by atoms with Crippen molar-refractivity contribution >= 4 is 39.2 Å². The second-order valence-electron chi connectivity index (χ2n) is 5.87. The van der Waals surface area contributed by atoms with Crippen molar-refractivity contribution in [1.82, 2.24) is 0 Å². The van der Waals surface area contributed by atoms with Crippen LogP contribution in [0.15, 0.2) is 58.5 Å². The Hall–Kier alpha value is -2.31. The lowest BCUT2D eigenvalue weighted by molar-refractivity contribution is -0.133. The molecule has 2 N–H and O–H groups in total. The average Bonchev–Trinajstić information content (AvgIpc) is 3.14. The van der Waals surface area contributed by atoms with Gasteiger partial charge in [-0.05, 0) is 76.3 Å². The SMILES string of the molecule is O=C(O)C1=C(C(=O)Nc2ccc(-c3ccc(SCl)cc3)cc2F)CCC1. The second kappa shape index (κ2) is 7.93. The van der Waals surface area contributed by atoms with Gasteiger partial charge < -0.3 is 10.4 Å². The number of amides is 1. The first kappa shape index (κ1) is 18.5. The summed E-state index contributed by atoms with van der Waals surface area (Å²) in [6.45, 7) is 0. The molecule has 0 aliphatic heterocycles. The minimum absolute atomic E-state index is 0.0239. The summed E-state index contributed by atoms with van der Waals surface area (Å²) in [5, 5.41) is 11.6. The van der Waals surface area contributed by atoms with Crippen molar-refractivity contribution in [2.75, 3.05) is 5.32 Å². The number of carboxylic acids is 1. The molecular weight excluding hydrogens is 377 g/mol. The van der Waals surface area contributed by atoms with Gasteiger partial charge in [-0.3, -0.25) is 4.79 Å². The summed E-state index contributed by atoms with van der Waals surface area (Å²) >= 11 is 0. The first-order valence-corrected chi connectivity index (χ1v) is 9.59. The highest BCUT2D eigenvalue weighted by atomic mass is 35.7. The van der Waals surface area contributed by atoms with E-state index in [2.05, 4.69) is 5.32 Å². The minimum Gasteiger partial charge on any atom is -0.478 e. The molecule has 26 heavy (non-hydrogen) atoms. The quantitative estimate of drug-likeness (QED) is 0.731. The number of halogens is 2. The van der Waals surface area contributed by atoms with Crippen LogP contribution in [0.3, 0.4) is 0 Å². The molecule has 134 valence electrons. The van der Waals surface area contributed by atoms with Gasteiger partial charge in [0.1, 0.15) is 5.82 Å². The average molecular weight is 392 g/mol. The molecule has 2 aromatic carbocycles. The first-order valence-electron chi connectivity index (χ1n) is 7.95. The van der Waals surface area contributed by atoms with E-state index in [4.69, 9.17) is 15.8 Å². The van der Waals surface area contributed by atoms with Crippen LogP contribution in [0.5, 0.6) is 0 Å². The van der Waals surface area contributed by atoms with Crippen molar-refractivity contribution in [2.45, 2.75) is 24.2 Å². The molecule has 1 aliphatic rings. The minimum atomic E-state index is -1.10. The highest BCUT2D eigenvalue weighted by Gasteiger charge is 2.25. The Balaban J connectivity index is 1.80. The fraction of sp³-hybridized carbons (Fsp3) is 0.158. The van der Waals surface area contributed by atoms with Crippen molar-refractivity contribution in [1.29, 1.82) is 0 Å². The Kier molecular flexibility index (Phi) is 5.64. The molecule has 0 atom stereocenters. The molecule has 7 heteroatoms. The number of aliphatic carboxylic acids is 1. The second-order valence-corrected chi connectivity index (χ2v) is 6.95. The molecule has 0 aromatic heterocycles. The third kappa shape index (κ3) is 3.92. The van der Waals surface area contributed by atoms with Crippen molar-refractivity contribution in [3.8, 4) is 11.1 Å². The molecule has 3 rings (SSSR count). The molecule has 0 saturated heterocycles. The fourth-order valence-electron chi connectivity index (χ4n) is 2.92. The summed E-state index contributed by atoms with van der Waals surface area (Å²) in [5.74, 6) is -2.24. The van der Waals surface area contributed by atoms with Gasteiger partial charge in [0.05, 0.1) is 5.69 Å². The summed E-state index contributed by atoms with van der Waals surface area (Å²) in [7, 11) is 6.78. The van der Waals surface area contributed by atoms with Gasteiger partial charge in [-0.25, -0.2) is 9.18 Å². The zero-order valence-electron chi connectivity index (χ0n) is 13.6. The molecule has 0 saturated carbocycles. The lowest BCUT2D eigenvalue weighted by Gasteiger charge is -2.10. The van der Waals surface area contributed by atoms with E-state index in [0.29, 0.717) is 24.8 Å². The van der Waals surface area contributed by atoms with E-state index in [1.165, 1.54) is 12.1 Å². The zero-order chi connectivity index (χ0) is 18.7. The van der Waals surface area contributed by atoms with Gasteiger partial charge in [-0.2, -0.15) is 0 Å². The van der Waals surface area contributed by atoms with Crippen LogP contribution in [0.4, 0.5) is 10.1 Å². The fourth-order valence-corrected chi connectivity index (χ4v) is 3.47. The van der Waals surface area contributed by atoms with E-state index in [9.17, 15) is 14.0 Å². The molecule has 1 aliphatic carbocycles. The Labute approximate surface area is 158 Å². The topological polar surface area (TPSA) is 66.4 Å². The van der Waals surface area contributed by atoms with Gasteiger partial charge in [-0.15, -0.1) is 0 Å². The summed E-state index contributed by atoms with van der Waals surface area (Å²) in [6.07, 6.45) is 1.36. The van der Waals surface area contributed by atoms with Crippen LogP contribution in [0.2, 0.25) is 0 Å². The predicted molar refractivity (Wildman–Crippen MR) is 101 cm³/mol. The summed E-state index contributed by atoms with van der Waals surface area (Å²) in [6, 6.07) is 11.8. The number of carbonyl (C=O) groups excluding carboxylic acids is 1. The Morgan fingerprint density at radius 1 is 1.04 bits per heavy atom. The van der Waals surface area contributed by atoms with Crippen LogP contribution in [0.1, 0.15) is 19.3 Å². The number of hydrogen-bond acceptors (Lipinski definition) is 3. The normalized spacial score (nSPS) is 13.8. The van der Waals surface area contributed by atoms with Gasteiger partial charge in [0.2, 0.25) is 0 Å². The summed E-state index contributed by atoms with van der Waals surface area (Å²) in [5.41, 5.74) is 1.84. The van der Waals surface area contributed by atoms with Gasteiger partial charge in [0.15, 0.2) is 0 Å². The van der Waals surface area contributed by atoms with Crippen LogP contribution in [-0.4, -0.2) is 17.0 Å². The predicted octanol–water partition coefficient (Wildman–Crippen LogP) is 5.24. The lowest BCUT2D eigenvalue weighted by Crippen LogP contribution is -2.17. The number of carbonyl (C=O) groups is 2. The monoisotopic (exact) mass is 391 g/mol. The van der Waals surface area contributed by atoms with E-state index >= 15 is 0 Å². The van der Waals surface area contributed by atoms with Crippen LogP contribution in [0.25, 0.3) is 11.1 Å². The Morgan fingerprint density at radius 3 is 2.31 bits per heavy atom. The van der Waals surface area contributed by atoms with Gasteiger partial charge in [0, 0.05) is 16.0 Å². The zero-order valence-corrected chi connectivity index (χ0v) is 15.2. The van der Waals surface area contributed by atoms with E-state index in [1.807, 2.05) is 24.3 Å². The lowest BCUT2D eigenvalue weighted by atomic mass is 10.0. The van der Waals surface area contributed by atoms with Gasteiger partial charge in [0.25, 0.3) is 5.91 Å². The number of benzene rings is 2. The van der Waals surface area contributed by atoms with E-state index < -0.39 is 17.7 Å².